The van der Waals surface area contributed by atoms with Crippen LogP contribution in [0.15, 0.2) is 24.3 Å². The van der Waals surface area contributed by atoms with Crippen LogP contribution < -0.4 is 5.73 Å². The lowest BCUT2D eigenvalue weighted by Crippen LogP contribution is -2.46. The predicted octanol–water partition coefficient (Wildman–Crippen LogP) is 1.53. The average Bonchev–Trinajstić information content (AvgIpc) is 2.46. The molecule has 0 aromatic heterocycles. The van der Waals surface area contributed by atoms with Gasteiger partial charge < -0.3 is 15.5 Å². The summed E-state index contributed by atoms with van der Waals surface area (Å²) in [6, 6.07) is 8.23. The van der Waals surface area contributed by atoms with Crippen LogP contribution in [0.3, 0.4) is 0 Å². The molecular formula is C17H25N3O2. The highest BCUT2D eigenvalue weighted by Crippen LogP contribution is 2.33. The molecule has 0 aliphatic carbocycles. The van der Waals surface area contributed by atoms with Gasteiger partial charge in [0.1, 0.15) is 0 Å². The predicted molar refractivity (Wildman–Crippen MR) is 85.9 cm³/mol. The van der Waals surface area contributed by atoms with E-state index in [-0.39, 0.29) is 6.04 Å². The van der Waals surface area contributed by atoms with Crippen LogP contribution in [0.5, 0.6) is 0 Å². The molecule has 0 radical (unpaired) electrons. The summed E-state index contributed by atoms with van der Waals surface area (Å²) >= 11 is 0. The lowest BCUT2D eigenvalue weighted by molar-refractivity contribution is -0.147. The van der Waals surface area contributed by atoms with Gasteiger partial charge in [-0.3, -0.25) is 9.59 Å². The van der Waals surface area contributed by atoms with Crippen molar-refractivity contribution in [1.29, 1.82) is 0 Å². The summed E-state index contributed by atoms with van der Waals surface area (Å²) in [7, 11) is 4.06. The maximum Gasteiger partial charge on any atom is 0.312 e. The molecule has 1 aliphatic rings. The van der Waals surface area contributed by atoms with Gasteiger partial charge in [0.25, 0.3) is 0 Å². The monoisotopic (exact) mass is 303 g/mol. The van der Waals surface area contributed by atoms with Crippen LogP contribution >= 0.6 is 0 Å². The van der Waals surface area contributed by atoms with Gasteiger partial charge in [-0.05, 0) is 44.0 Å². The molecule has 1 heterocycles. The molecule has 0 bridgehead atoms. The highest BCUT2D eigenvalue weighted by atomic mass is 16.2. The Labute approximate surface area is 132 Å². The third kappa shape index (κ3) is 3.85. The number of piperidine rings is 1. The molecule has 1 fully saturated rings. The molecule has 2 amide bonds. The quantitative estimate of drug-likeness (QED) is 0.861. The van der Waals surface area contributed by atoms with Crippen LogP contribution in [0.2, 0.25) is 0 Å². The molecule has 1 aromatic carbocycles. The van der Waals surface area contributed by atoms with Crippen molar-refractivity contribution in [3.63, 3.8) is 0 Å². The fourth-order valence-corrected chi connectivity index (χ4v) is 3.08. The molecule has 1 aromatic rings. The molecule has 0 unspecified atom stereocenters. The molecular weight excluding hydrogens is 278 g/mol. The Hall–Kier alpha value is -1.88. The van der Waals surface area contributed by atoms with E-state index >= 15 is 0 Å². The number of rotatable bonds is 3. The maximum absolute atomic E-state index is 12.1. The van der Waals surface area contributed by atoms with Gasteiger partial charge in [0.2, 0.25) is 0 Å². The number of amides is 2. The molecule has 2 atom stereocenters. The highest BCUT2D eigenvalue weighted by Gasteiger charge is 2.33. The van der Waals surface area contributed by atoms with E-state index in [4.69, 9.17) is 5.73 Å². The third-order valence-electron chi connectivity index (χ3n) is 4.15. The molecule has 0 spiro atoms. The number of primary amides is 1. The number of hydrogen-bond acceptors (Lipinski definition) is 3. The highest BCUT2D eigenvalue weighted by molar-refractivity contribution is 6.34. The van der Waals surface area contributed by atoms with Crippen molar-refractivity contribution in [1.82, 2.24) is 9.80 Å². The van der Waals surface area contributed by atoms with Crippen LogP contribution in [0, 0.1) is 5.92 Å². The van der Waals surface area contributed by atoms with Crippen LogP contribution in [0.1, 0.15) is 36.9 Å². The summed E-state index contributed by atoms with van der Waals surface area (Å²) in [6.07, 6.45) is 1.92. The summed E-state index contributed by atoms with van der Waals surface area (Å²) < 4.78 is 0. The first kappa shape index (κ1) is 16.5. The number of carbonyl (C=O) groups is 2. The van der Waals surface area contributed by atoms with Gasteiger partial charge in [-0.2, -0.15) is 0 Å². The van der Waals surface area contributed by atoms with Gasteiger partial charge in [-0.15, -0.1) is 0 Å². The van der Waals surface area contributed by atoms with Gasteiger partial charge >= 0.3 is 11.8 Å². The second-order valence-corrected chi connectivity index (χ2v) is 6.50. The number of carbonyl (C=O) groups excluding carboxylic acids is 2. The van der Waals surface area contributed by atoms with Crippen LogP contribution in [-0.2, 0) is 16.1 Å². The van der Waals surface area contributed by atoms with Crippen LogP contribution in [0.25, 0.3) is 0 Å². The van der Waals surface area contributed by atoms with E-state index in [1.165, 1.54) is 5.56 Å². The SMILES string of the molecule is C[C@H]1CC[C@H](c2ccc(CN(C)C)cc2)N(C(=O)C(N)=O)C1. The minimum Gasteiger partial charge on any atom is -0.361 e. The number of nitrogens with zero attached hydrogens (tertiary/aromatic N) is 2. The van der Waals surface area contributed by atoms with Crippen molar-refractivity contribution in [2.24, 2.45) is 11.7 Å². The van der Waals surface area contributed by atoms with Crippen molar-refractivity contribution in [2.75, 3.05) is 20.6 Å². The fourth-order valence-electron chi connectivity index (χ4n) is 3.08. The molecule has 1 aliphatic heterocycles. The summed E-state index contributed by atoms with van der Waals surface area (Å²) in [5.41, 5.74) is 7.50. The van der Waals surface area contributed by atoms with Gasteiger partial charge in [-0.1, -0.05) is 31.2 Å². The normalized spacial score (nSPS) is 21.9. The molecule has 22 heavy (non-hydrogen) atoms. The first-order valence-electron chi connectivity index (χ1n) is 7.72. The lowest BCUT2D eigenvalue weighted by Gasteiger charge is -2.38. The summed E-state index contributed by atoms with van der Waals surface area (Å²) in [5.74, 6) is -1.05. The van der Waals surface area contributed by atoms with Crippen molar-refractivity contribution in [3.8, 4) is 0 Å². The summed E-state index contributed by atoms with van der Waals surface area (Å²) in [4.78, 5) is 27.1. The zero-order valence-electron chi connectivity index (χ0n) is 13.6. The molecule has 2 N–H and O–H groups in total. The van der Waals surface area contributed by atoms with Crippen LogP contribution in [-0.4, -0.2) is 42.3 Å². The standard InChI is InChI=1S/C17H25N3O2/c1-12-4-9-15(20(10-12)17(22)16(18)21)14-7-5-13(6-8-14)11-19(2)3/h5-8,12,15H,4,9-11H2,1-3H3,(H2,18,21)/t12-,15+/m0/s1. The maximum atomic E-state index is 12.1. The minimum absolute atomic E-state index is 0.0513. The Bertz CT molecular complexity index is 539. The Kier molecular flexibility index (Phi) is 5.19. The summed E-state index contributed by atoms with van der Waals surface area (Å²) in [5, 5.41) is 0. The van der Waals surface area contributed by atoms with Crippen molar-refractivity contribution >= 4 is 11.8 Å². The second-order valence-electron chi connectivity index (χ2n) is 6.50. The topological polar surface area (TPSA) is 66.6 Å². The smallest absolute Gasteiger partial charge is 0.312 e. The minimum atomic E-state index is -0.872. The van der Waals surface area contributed by atoms with Gasteiger partial charge in [0.15, 0.2) is 0 Å². The van der Waals surface area contributed by atoms with E-state index < -0.39 is 11.8 Å². The largest absolute Gasteiger partial charge is 0.361 e. The van der Waals surface area contributed by atoms with Gasteiger partial charge in [0.05, 0.1) is 6.04 Å². The first-order chi connectivity index (χ1) is 10.4. The summed E-state index contributed by atoms with van der Waals surface area (Å²) in [6.45, 7) is 3.56. The van der Waals surface area contributed by atoms with Gasteiger partial charge in [-0.25, -0.2) is 0 Å². The zero-order valence-corrected chi connectivity index (χ0v) is 13.6. The van der Waals surface area contributed by atoms with Crippen molar-refractivity contribution in [3.05, 3.63) is 35.4 Å². The van der Waals surface area contributed by atoms with E-state index in [1.807, 2.05) is 14.1 Å². The number of nitrogens with two attached hydrogens (primary N) is 1. The number of benzene rings is 1. The van der Waals surface area contributed by atoms with Crippen LogP contribution in [0.4, 0.5) is 0 Å². The molecule has 1 saturated heterocycles. The zero-order chi connectivity index (χ0) is 16.3. The molecule has 2 rings (SSSR count). The second kappa shape index (κ2) is 6.92. The Morgan fingerprint density at radius 3 is 2.41 bits per heavy atom. The van der Waals surface area contributed by atoms with Crippen molar-refractivity contribution in [2.45, 2.75) is 32.4 Å². The Morgan fingerprint density at radius 1 is 1.23 bits per heavy atom. The Morgan fingerprint density at radius 2 is 1.86 bits per heavy atom. The fraction of sp³-hybridized carbons (Fsp3) is 0.529. The van der Waals surface area contributed by atoms with Gasteiger partial charge in [0, 0.05) is 13.1 Å². The van der Waals surface area contributed by atoms with E-state index in [1.54, 1.807) is 4.90 Å². The molecule has 5 nitrogen and oxygen atoms in total. The third-order valence-corrected chi connectivity index (χ3v) is 4.15. The number of likely N-dealkylation sites (tertiary alicyclic amines) is 1. The van der Waals surface area contributed by atoms with E-state index in [9.17, 15) is 9.59 Å². The molecule has 120 valence electrons. The lowest BCUT2D eigenvalue weighted by atomic mass is 9.89. The number of hydrogen-bond donors (Lipinski definition) is 1. The van der Waals surface area contributed by atoms with E-state index in [0.29, 0.717) is 12.5 Å². The first-order valence-corrected chi connectivity index (χ1v) is 7.72. The van der Waals surface area contributed by atoms with E-state index in [2.05, 4.69) is 36.1 Å². The van der Waals surface area contributed by atoms with E-state index in [0.717, 1.165) is 24.9 Å². The molecule has 0 saturated carbocycles. The molecule has 5 heteroatoms. The average molecular weight is 303 g/mol. The van der Waals surface area contributed by atoms with Crippen molar-refractivity contribution < 1.29 is 9.59 Å². The Balaban J connectivity index is 2.20.